The predicted octanol–water partition coefficient (Wildman–Crippen LogP) is 3.97. The number of hydrogen-bond donors (Lipinski definition) is 0. The van der Waals surface area contributed by atoms with Crippen molar-refractivity contribution in [2.75, 3.05) is 27.2 Å². The van der Waals surface area contributed by atoms with Gasteiger partial charge in [-0.05, 0) is 50.2 Å². The summed E-state index contributed by atoms with van der Waals surface area (Å²) >= 11 is 0. The second-order valence-corrected chi connectivity index (χ2v) is 5.81. The molecule has 0 saturated heterocycles. The summed E-state index contributed by atoms with van der Waals surface area (Å²) in [6.07, 6.45) is 0.00505. The number of ether oxygens (including phenoxy) is 1. The summed E-state index contributed by atoms with van der Waals surface area (Å²) in [5, 5.41) is 0. The maximum absolute atomic E-state index is 6.18. The smallest absolute Gasteiger partial charge is 0.108 e. The molecule has 2 rings (SSSR count). The van der Waals surface area contributed by atoms with E-state index in [9.17, 15) is 0 Å². The van der Waals surface area contributed by atoms with Crippen LogP contribution < -0.4 is 0 Å². The van der Waals surface area contributed by atoms with Gasteiger partial charge < -0.3 is 9.64 Å². The van der Waals surface area contributed by atoms with E-state index in [4.69, 9.17) is 4.74 Å². The maximum Gasteiger partial charge on any atom is 0.108 e. The lowest BCUT2D eigenvalue weighted by atomic mass is 9.98. The van der Waals surface area contributed by atoms with Crippen molar-refractivity contribution in [3.05, 3.63) is 70.8 Å². The first-order valence-corrected chi connectivity index (χ1v) is 7.46. The molecule has 0 aliphatic carbocycles. The van der Waals surface area contributed by atoms with Crippen LogP contribution in [-0.2, 0) is 4.74 Å². The number of rotatable bonds is 6. The van der Waals surface area contributed by atoms with E-state index < -0.39 is 0 Å². The zero-order valence-corrected chi connectivity index (χ0v) is 13.5. The fourth-order valence-electron chi connectivity index (χ4n) is 2.29. The predicted molar refractivity (Wildman–Crippen MR) is 88.7 cm³/mol. The highest BCUT2D eigenvalue weighted by atomic mass is 16.5. The molecule has 0 aromatic heterocycles. The minimum atomic E-state index is 0.00505. The Morgan fingerprint density at radius 3 is 2.24 bits per heavy atom. The summed E-state index contributed by atoms with van der Waals surface area (Å²) in [6.45, 7) is 5.94. The molecule has 0 bridgehead atoms. The number of hydrogen-bond acceptors (Lipinski definition) is 2. The van der Waals surface area contributed by atoms with Crippen molar-refractivity contribution >= 4 is 0 Å². The topological polar surface area (TPSA) is 12.5 Å². The Morgan fingerprint density at radius 2 is 1.62 bits per heavy atom. The van der Waals surface area contributed by atoms with Gasteiger partial charge in [0, 0.05) is 6.54 Å². The van der Waals surface area contributed by atoms with Crippen molar-refractivity contribution in [3.8, 4) is 0 Å². The Kier molecular flexibility index (Phi) is 5.54. The van der Waals surface area contributed by atoms with Crippen molar-refractivity contribution < 1.29 is 4.74 Å². The molecular weight excluding hydrogens is 258 g/mol. The average molecular weight is 283 g/mol. The van der Waals surface area contributed by atoms with Gasteiger partial charge in [0.05, 0.1) is 6.61 Å². The van der Waals surface area contributed by atoms with Crippen LogP contribution in [0.5, 0.6) is 0 Å². The summed E-state index contributed by atoms with van der Waals surface area (Å²) in [6, 6.07) is 17.0. The third-order valence-electron chi connectivity index (χ3n) is 3.76. The van der Waals surface area contributed by atoms with Gasteiger partial charge in [0.15, 0.2) is 0 Å². The molecule has 0 aliphatic rings. The van der Waals surface area contributed by atoms with Crippen LogP contribution in [0.3, 0.4) is 0 Å². The molecule has 21 heavy (non-hydrogen) atoms. The first-order valence-electron chi connectivity index (χ1n) is 7.46. The van der Waals surface area contributed by atoms with E-state index in [1.54, 1.807) is 0 Å². The van der Waals surface area contributed by atoms with Crippen molar-refractivity contribution in [2.45, 2.75) is 20.0 Å². The Labute approximate surface area is 128 Å². The van der Waals surface area contributed by atoms with Crippen molar-refractivity contribution in [3.63, 3.8) is 0 Å². The second-order valence-electron chi connectivity index (χ2n) is 5.81. The van der Waals surface area contributed by atoms with Gasteiger partial charge in [0.1, 0.15) is 6.10 Å². The number of nitrogens with zero attached hydrogens (tertiary/aromatic N) is 1. The van der Waals surface area contributed by atoms with Gasteiger partial charge in [-0.25, -0.2) is 0 Å². The minimum absolute atomic E-state index is 0.00505. The summed E-state index contributed by atoms with van der Waals surface area (Å²) in [5.41, 5.74) is 5.06. The third kappa shape index (κ3) is 4.42. The molecule has 2 heteroatoms. The van der Waals surface area contributed by atoms with Crippen LogP contribution in [0.1, 0.15) is 28.4 Å². The molecule has 0 spiro atoms. The molecule has 0 aliphatic heterocycles. The van der Waals surface area contributed by atoms with Crippen LogP contribution in [-0.4, -0.2) is 32.1 Å². The van der Waals surface area contributed by atoms with Gasteiger partial charge in [-0.15, -0.1) is 0 Å². The fourth-order valence-corrected chi connectivity index (χ4v) is 2.29. The number of likely N-dealkylation sites (N-methyl/N-ethyl adjacent to an activating group) is 1. The third-order valence-corrected chi connectivity index (χ3v) is 3.76. The van der Waals surface area contributed by atoms with Crippen molar-refractivity contribution in [2.24, 2.45) is 0 Å². The van der Waals surface area contributed by atoms with Gasteiger partial charge in [-0.2, -0.15) is 0 Å². The standard InChI is InChI=1S/C19H25NO/c1-15-10-11-18(14-16(15)2)19(21-13-12-20(3)4)17-8-6-5-7-9-17/h5-11,14,19H,12-13H2,1-4H3. The molecular formula is C19H25NO. The molecule has 1 atom stereocenters. The van der Waals surface area contributed by atoms with E-state index in [2.05, 4.69) is 75.3 Å². The summed E-state index contributed by atoms with van der Waals surface area (Å²) in [4.78, 5) is 2.14. The Morgan fingerprint density at radius 1 is 0.905 bits per heavy atom. The molecule has 2 nitrogen and oxygen atoms in total. The quantitative estimate of drug-likeness (QED) is 0.795. The molecule has 0 N–H and O–H groups in total. The van der Waals surface area contributed by atoms with Crippen LogP contribution in [0, 0.1) is 13.8 Å². The van der Waals surface area contributed by atoms with Gasteiger partial charge in [-0.1, -0.05) is 48.5 Å². The highest BCUT2D eigenvalue weighted by molar-refractivity contribution is 5.36. The summed E-state index contributed by atoms with van der Waals surface area (Å²) in [7, 11) is 4.13. The van der Waals surface area contributed by atoms with E-state index in [1.807, 2.05) is 6.07 Å². The van der Waals surface area contributed by atoms with E-state index in [-0.39, 0.29) is 6.10 Å². The normalized spacial score (nSPS) is 12.6. The molecule has 1 unspecified atom stereocenters. The maximum atomic E-state index is 6.18. The Hall–Kier alpha value is -1.64. The van der Waals surface area contributed by atoms with Crippen molar-refractivity contribution in [1.82, 2.24) is 4.90 Å². The van der Waals surface area contributed by atoms with Crippen LogP contribution in [0.2, 0.25) is 0 Å². The molecule has 0 radical (unpaired) electrons. The Balaban J connectivity index is 2.24. The fraction of sp³-hybridized carbons (Fsp3) is 0.368. The van der Waals surface area contributed by atoms with E-state index in [0.29, 0.717) is 0 Å². The molecule has 2 aromatic rings. The molecule has 2 aromatic carbocycles. The van der Waals surface area contributed by atoms with Crippen LogP contribution in [0.4, 0.5) is 0 Å². The Bertz CT molecular complexity index is 563. The molecule has 0 heterocycles. The first kappa shape index (κ1) is 15.7. The van der Waals surface area contributed by atoms with Crippen LogP contribution in [0.15, 0.2) is 48.5 Å². The van der Waals surface area contributed by atoms with Crippen molar-refractivity contribution in [1.29, 1.82) is 0 Å². The largest absolute Gasteiger partial charge is 0.367 e. The molecule has 0 amide bonds. The van der Waals surface area contributed by atoms with Gasteiger partial charge in [0.25, 0.3) is 0 Å². The van der Waals surface area contributed by atoms with Crippen LogP contribution in [0.25, 0.3) is 0 Å². The van der Waals surface area contributed by atoms with Gasteiger partial charge in [-0.3, -0.25) is 0 Å². The van der Waals surface area contributed by atoms with E-state index >= 15 is 0 Å². The summed E-state index contributed by atoms with van der Waals surface area (Å²) in [5.74, 6) is 0. The lowest BCUT2D eigenvalue weighted by molar-refractivity contribution is 0.0687. The lowest BCUT2D eigenvalue weighted by Gasteiger charge is -2.21. The molecule has 0 fully saturated rings. The number of benzene rings is 2. The van der Waals surface area contributed by atoms with Gasteiger partial charge >= 0.3 is 0 Å². The molecule has 112 valence electrons. The average Bonchev–Trinajstić information content (AvgIpc) is 2.47. The second kappa shape index (κ2) is 7.39. The highest BCUT2D eigenvalue weighted by Gasteiger charge is 2.15. The monoisotopic (exact) mass is 283 g/mol. The van der Waals surface area contributed by atoms with E-state index in [0.717, 1.165) is 13.2 Å². The molecule has 0 saturated carbocycles. The zero-order chi connectivity index (χ0) is 15.2. The van der Waals surface area contributed by atoms with E-state index in [1.165, 1.54) is 22.3 Å². The van der Waals surface area contributed by atoms with Gasteiger partial charge in [0.2, 0.25) is 0 Å². The summed E-state index contributed by atoms with van der Waals surface area (Å²) < 4.78 is 6.18. The highest BCUT2D eigenvalue weighted by Crippen LogP contribution is 2.27. The minimum Gasteiger partial charge on any atom is -0.367 e. The number of aryl methyl sites for hydroxylation is 2. The lowest BCUT2D eigenvalue weighted by Crippen LogP contribution is -2.20. The zero-order valence-electron chi connectivity index (χ0n) is 13.5. The first-order chi connectivity index (χ1) is 10.1. The SMILES string of the molecule is Cc1ccc(C(OCCN(C)C)c2ccccc2)cc1C. The van der Waals surface area contributed by atoms with Crippen LogP contribution >= 0.6 is 0 Å².